The summed E-state index contributed by atoms with van der Waals surface area (Å²) >= 11 is 1.60. The summed E-state index contributed by atoms with van der Waals surface area (Å²) in [6.45, 7) is 0. The lowest BCUT2D eigenvalue weighted by atomic mass is 10.0. The van der Waals surface area contributed by atoms with Crippen LogP contribution in [0.5, 0.6) is 0 Å². The molecule has 0 aliphatic rings. The number of halogens is 1. The average molecular weight is 227 g/mol. The van der Waals surface area contributed by atoms with Crippen LogP contribution in [0.25, 0.3) is 21.2 Å². The van der Waals surface area contributed by atoms with Gasteiger partial charge >= 0.3 is 0 Å². The Kier molecular flexibility index (Phi) is 2.22. The maximum Gasteiger partial charge on any atom is 0.123 e. The monoisotopic (exact) mass is 227 g/mol. The first-order valence-electron chi connectivity index (χ1n) is 4.99. The SMILES string of the molecule is Fc1ccc(-c2cccc3s[c]cc23)cc1. The van der Waals surface area contributed by atoms with Crippen LogP contribution < -0.4 is 0 Å². The summed E-state index contributed by atoms with van der Waals surface area (Å²) in [5, 5.41) is 4.31. The van der Waals surface area contributed by atoms with Crippen molar-refractivity contribution in [3.8, 4) is 11.1 Å². The molecule has 0 spiro atoms. The van der Waals surface area contributed by atoms with Crippen molar-refractivity contribution in [2.45, 2.75) is 0 Å². The molecule has 2 aromatic carbocycles. The number of hydrogen-bond donors (Lipinski definition) is 0. The molecule has 1 radical (unpaired) electrons. The fraction of sp³-hybridized carbons (Fsp3) is 0. The minimum Gasteiger partial charge on any atom is -0.207 e. The van der Waals surface area contributed by atoms with E-state index >= 15 is 0 Å². The van der Waals surface area contributed by atoms with Gasteiger partial charge in [0, 0.05) is 15.5 Å². The third-order valence-corrected chi connectivity index (χ3v) is 3.41. The lowest BCUT2D eigenvalue weighted by Crippen LogP contribution is -1.79. The summed E-state index contributed by atoms with van der Waals surface area (Å²) < 4.78 is 14.1. The van der Waals surface area contributed by atoms with Gasteiger partial charge in [0.25, 0.3) is 0 Å². The van der Waals surface area contributed by atoms with E-state index in [4.69, 9.17) is 0 Å². The number of thiophene rings is 1. The van der Waals surface area contributed by atoms with Crippen molar-refractivity contribution in [2.24, 2.45) is 0 Å². The molecule has 2 heteroatoms. The highest BCUT2D eigenvalue weighted by Crippen LogP contribution is 2.31. The fourth-order valence-electron chi connectivity index (χ4n) is 1.81. The second kappa shape index (κ2) is 3.72. The van der Waals surface area contributed by atoms with Gasteiger partial charge in [-0.2, -0.15) is 0 Å². The van der Waals surface area contributed by atoms with Gasteiger partial charge in [0.2, 0.25) is 0 Å². The lowest BCUT2D eigenvalue weighted by molar-refractivity contribution is 0.628. The van der Waals surface area contributed by atoms with Crippen LogP contribution in [0.15, 0.2) is 48.5 Å². The molecule has 0 bridgehead atoms. The van der Waals surface area contributed by atoms with E-state index in [0.717, 1.165) is 11.1 Å². The summed E-state index contributed by atoms with van der Waals surface area (Å²) in [6.07, 6.45) is 0. The normalized spacial score (nSPS) is 10.8. The van der Waals surface area contributed by atoms with Crippen molar-refractivity contribution in [1.29, 1.82) is 0 Å². The van der Waals surface area contributed by atoms with Gasteiger partial charge in [0.05, 0.1) is 0 Å². The summed E-state index contributed by atoms with van der Waals surface area (Å²) in [5.41, 5.74) is 2.17. The molecular weight excluding hydrogens is 219 g/mol. The molecule has 1 heterocycles. The smallest absolute Gasteiger partial charge is 0.123 e. The van der Waals surface area contributed by atoms with Gasteiger partial charge in [-0.25, -0.2) is 4.39 Å². The largest absolute Gasteiger partial charge is 0.207 e. The zero-order chi connectivity index (χ0) is 11.0. The number of benzene rings is 2. The second-order valence-electron chi connectivity index (χ2n) is 3.59. The van der Waals surface area contributed by atoms with E-state index in [9.17, 15) is 4.39 Å². The second-order valence-corrected chi connectivity index (χ2v) is 4.47. The molecule has 0 amide bonds. The van der Waals surface area contributed by atoms with Crippen LogP contribution in [0.1, 0.15) is 0 Å². The molecule has 1 aromatic heterocycles. The quantitative estimate of drug-likeness (QED) is 0.574. The molecular formula is C14H8FS. The molecule has 77 valence electrons. The maximum absolute atomic E-state index is 12.9. The minimum atomic E-state index is -0.201. The van der Waals surface area contributed by atoms with Crippen LogP contribution in [0, 0.1) is 11.2 Å². The molecule has 3 rings (SSSR count). The van der Waals surface area contributed by atoms with E-state index in [2.05, 4.69) is 17.5 Å². The van der Waals surface area contributed by atoms with Gasteiger partial charge in [-0.15, -0.1) is 11.3 Å². The van der Waals surface area contributed by atoms with Crippen molar-refractivity contribution in [2.75, 3.05) is 0 Å². The Morgan fingerprint density at radius 2 is 1.81 bits per heavy atom. The first kappa shape index (κ1) is 9.55. The third-order valence-electron chi connectivity index (χ3n) is 2.59. The first-order chi connectivity index (χ1) is 7.84. The molecule has 0 unspecified atom stereocenters. The van der Waals surface area contributed by atoms with Crippen molar-refractivity contribution in [1.82, 2.24) is 0 Å². The molecule has 0 atom stereocenters. The van der Waals surface area contributed by atoms with Gasteiger partial charge < -0.3 is 0 Å². The van der Waals surface area contributed by atoms with Crippen molar-refractivity contribution in [3.05, 3.63) is 59.7 Å². The predicted octanol–water partition coefficient (Wildman–Crippen LogP) is 4.51. The van der Waals surface area contributed by atoms with Crippen molar-refractivity contribution in [3.63, 3.8) is 0 Å². The molecule has 3 aromatic rings. The zero-order valence-electron chi connectivity index (χ0n) is 8.41. The zero-order valence-corrected chi connectivity index (χ0v) is 9.22. The summed E-state index contributed by atoms with van der Waals surface area (Å²) in [7, 11) is 0. The van der Waals surface area contributed by atoms with E-state index in [1.54, 1.807) is 11.3 Å². The summed E-state index contributed by atoms with van der Waals surface area (Å²) in [5.74, 6) is -0.201. The van der Waals surface area contributed by atoms with Crippen LogP contribution in [-0.4, -0.2) is 0 Å². The summed E-state index contributed by atoms with van der Waals surface area (Å²) in [6, 6.07) is 14.7. The Balaban J connectivity index is 2.25. The topological polar surface area (TPSA) is 0 Å². The number of fused-ring (bicyclic) bond motifs is 1. The Morgan fingerprint density at radius 3 is 2.62 bits per heavy atom. The first-order valence-corrected chi connectivity index (χ1v) is 5.81. The van der Waals surface area contributed by atoms with Crippen LogP contribution in [0.2, 0.25) is 0 Å². The van der Waals surface area contributed by atoms with Crippen LogP contribution in [0.3, 0.4) is 0 Å². The minimum absolute atomic E-state index is 0.201. The lowest BCUT2D eigenvalue weighted by Gasteiger charge is -2.03. The molecule has 0 N–H and O–H groups in total. The van der Waals surface area contributed by atoms with Gasteiger partial charge in [-0.3, -0.25) is 0 Å². The van der Waals surface area contributed by atoms with Crippen LogP contribution in [0.4, 0.5) is 4.39 Å². The molecule has 0 aliphatic carbocycles. The molecule has 0 saturated heterocycles. The van der Waals surface area contributed by atoms with Crippen molar-refractivity contribution < 1.29 is 4.39 Å². The highest BCUT2D eigenvalue weighted by Gasteiger charge is 2.04. The van der Waals surface area contributed by atoms with Gasteiger partial charge in [0.15, 0.2) is 0 Å². The van der Waals surface area contributed by atoms with E-state index in [-0.39, 0.29) is 5.82 Å². The fourth-order valence-corrected chi connectivity index (χ4v) is 2.54. The van der Waals surface area contributed by atoms with E-state index < -0.39 is 0 Å². The Morgan fingerprint density at radius 1 is 1.00 bits per heavy atom. The summed E-state index contributed by atoms with van der Waals surface area (Å²) in [4.78, 5) is 0. The standard InChI is InChI=1S/C14H8FS/c15-11-6-4-10(5-7-11)12-2-1-3-14-13(12)8-9-16-14/h1-8H. The van der Waals surface area contributed by atoms with E-state index in [0.29, 0.717) is 0 Å². The van der Waals surface area contributed by atoms with E-state index in [1.165, 1.54) is 22.2 Å². The third kappa shape index (κ3) is 1.51. The van der Waals surface area contributed by atoms with Gasteiger partial charge in [-0.05, 0) is 35.4 Å². The van der Waals surface area contributed by atoms with Crippen molar-refractivity contribution >= 4 is 21.4 Å². The van der Waals surface area contributed by atoms with Crippen LogP contribution >= 0.6 is 11.3 Å². The molecule has 0 nitrogen and oxygen atoms in total. The van der Waals surface area contributed by atoms with E-state index in [1.807, 2.05) is 24.3 Å². The number of rotatable bonds is 1. The Bertz CT molecular complexity index is 623. The molecule has 0 fully saturated rings. The maximum atomic E-state index is 12.9. The Hall–Kier alpha value is -1.67. The van der Waals surface area contributed by atoms with Gasteiger partial charge in [-0.1, -0.05) is 24.3 Å². The van der Waals surface area contributed by atoms with Crippen LogP contribution in [-0.2, 0) is 0 Å². The molecule has 0 saturated carbocycles. The highest BCUT2D eigenvalue weighted by molar-refractivity contribution is 7.16. The van der Waals surface area contributed by atoms with Gasteiger partial charge in [0.1, 0.15) is 5.82 Å². The Labute approximate surface area is 97.0 Å². The molecule has 0 aliphatic heterocycles. The predicted molar refractivity (Wildman–Crippen MR) is 66.1 cm³/mol. The average Bonchev–Trinajstić information content (AvgIpc) is 2.78. The molecule has 16 heavy (non-hydrogen) atoms. The number of hydrogen-bond acceptors (Lipinski definition) is 1. The highest BCUT2D eigenvalue weighted by atomic mass is 32.1.